The normalized spacial score (nSPS) is 23.4. The van der Waals surface area contributed by atoms with Crippen LogP contribution >= 0.6 is 0 Å². The molecule has 10 heteroatoms. The topological polar surface area (TPSA) is 107 Å². The molecular formula is C22H28F2N2O6. The lowest BCUT2D eigenvalue weighted by Gasteiger charge is -2.36. The van der Waals surface area contributed by atoms with Crippen LogP contribution in [0.1, 0.15) is 42.5 Å². The lowest BCUT2D eigenvalue weighted by Crippen LogP contribution is -2.45. The van der Waals surface area contributed by atoms with Gasteiger partial charge in [-0.1, -0.05) is 0 Å². The van der Waals surface area contributed by atoms with Gasteiger partial charge < -0.3 is 19.8 Å². The summed E-state index contributed by atoms with van der Waals surface area (Å²) in [4.78, 5) is 37.3. The van der Waals surface area contributed by atoms with Crippen molar-refractivity contribution in [1.82, 2.24) is 9.80 Å². The Morgan fingerprint density at radius 2 is 1.69 bits per heavy atom. The van der Waals surface area contributed by atoms with E-state index >= 15 is 0 Å². The third-order valence-corrected chi connectivity index (χ3v) is 6.46. The Morgan fingerprint density at radius 1 is 1.12 bits per heavy atom. The van der Waals surface area contributed by atoms with Crippen molar-refractivity contribution in [1.29, 1.82) is 0 Å². The van der Waals surface area contributed by atoms with E-state index in [4.69, 9.17) is 14.6 Å². The van der Waals surface area contributed by atoms with E-state index in [1.165, 1.54) is 0 Å². The number of ether oxygens (including phenoxy) is 1. The molecule has 0 bridgehead atoms. The second-order valence-electron chi connectivity index (χ2n) is 8.60. The van der Waals surface area contributed by atoms with Crippen LogP contribution in [0.15, 0.2) is 18.2 Å². The number of aliphatic hydroxyl groups is 1. The zero-order chi connectivity index (χ0) is 23.3. The van der Waals surface area contributed by atoms with Gasteiger partial charge in [0.1, 0.15) is 17.7 Å². The molecule has 1 aromatic carbocycles. The highest BCUT2D eigenvalue weighted by Gasteiger charge is 2.51. The van der Waals surface area contributed by atoms with Gasteiger partial charge in [0.2, 0.25) is 0 Å². The van der Waals surface area contributed by atoms with Gasteiger partial charge in [-0.2, -0.15) is 0 Å². The summed E-state index contributed by atoms with van der Waals surface area (Å²) < 4.78 is 32.5. The fourth-order valence-corrected chi connectivity index (χ4v) is 4.73. The number of cyclic esters (lactones) is 1. The van der Waals surface area contributed by atoms with Crippen LogP contribution in [0.4, 0.5) is 8.78 Å². The molecule has 3 fully saturated rings. The minimum absolute atomic E-state index is 0.0161. The van der Waals surface area contributed by atoms with E-state index in [-0.39, 0.29) is 30.2 Å². The van der Waals surface area contributed by atoms with Crippen molar-refractivity contribution in [3.8, 4) is 0 Å². The van der Waals surface area contributed by atoms with E-state index in [2.05, 4.69) is 4.90 Å². The van der Waals surface area contributed by atoms with E-state index in [0.717, 1.165) is 44.1 Å². The van der Waals surface area contributed by atoms with E-state index in [1.807, 2.05) is 0 Å². The first-order valence-electron chi connectivity index (χ1n) is 10.7. The number of esters is 1. The van der Waals surface area contributed by atoms with Crippen LogP contribution < -0.4 is 0 Å². The van der Waals surface area contributed by atoms with Crippen LogP contribution in [0.2, 0.25) is 0 Å². The van der Waals surface area contributed by atoms with Gasteiger partial charge >= 0.3 is 5.97 Å². The lowest BCUT2D eigenvalue weighted by molar-refractivity contribution is -0.151. The summed E-state index contributed by atoms with van der Waals surface area (Å²) in [6.07, 6.45) is 2.68. The third-order valence-electron chi connectivity index (χ3n) is 6.46. The molecule has 1 spiro atoms. The molecule has 4 rings (SSSR count). The quantitative estimate of drug-likeness (QED) is 0.528. The number of nitrogens with zero attached hydrogens (tertiary/aromatic N) is 2. The first kappa shape index (κ1) is 24.1. The Balaban J connectivity index is 0.000000913. The first-order chi connectivity index (χ1) is 15.3. The number of rotatable bonds is 3. The summed E-state index contributed by atoms with van der Waals surface area (Å²) in [7, 11) is 0. The van der Waals surface area contributed by atoms with Crippen molar-refractivity contribution in [3.63, 3.8) is 0 Å². The molecule has 1 unspecified atom stereocenters. The largest absolute Gasteiger partial charge is 0.483 e. The Kier molecular flexibility index (Phi) is 7.78. The predicted molar refractivity (Wildman–Crippen MR) is 109 cm³/mol. The van der Waals surface area contributed by atoms with Gasteiger partial charge in [0.25, 0.3) is 12.4 Å². The number of hydrogen-bond acceptors (Lipinski definition) is 6. The van der Waals surface area contributed by atoms with Crippen LogP contribution in [0.25, 0.3) is 0 Å². The molecule has 32 heavy (non-hydrogen) atoms. The average molecular weight is 454 g/mol. The highest BCUT2D eigenvalue weighted by atomic mass is 19.1. The smallest absolute Gasteiger partial charge is 0.312 e. The molecule has 2 N–H and O–H groups in total. The first-order valence-corrected chi connectivity index (χ1v) is 10.7. The molecule has 3 heterocycles. The number of halogens is 2. The molecule has 3 aliphatic rings. The molecule has 3 aliphatic heterocycles. The molecule has 3 saturated heterocycles. The van der Waals surface area contributed by atoms with Crippen LogP contribution in [0.3, 0.4) is 0 Å². The van der Waals surface area contributed by atoms with Crippen molar-refractivity contribution in [3.05, 3.63) is 35.4 Å². The predicted octanol–water partition coefficient (Wildman–Crippen LogP) is 1.66. The molecular weight excluding hydrogens is 426 g/mol. The van der Waals surface area contributed by atoms with Crippen LogP contribution in [-0.2, 0) is 14.3 Å². The molecule has 0 radical (unpaired) electrons. The number of carbonyl (C=O) groups is 3. The van der Waals surface area contributed by atoms with E-state index in [1.54, 1.807) is 4.90 Å². The Bertz CT molecular complexity index is 815. The SMILES string of the molecule is O=C(c1cc(F)cc(F)c1)N1CCC2(CC1)CC(CN1CCC(O)CC1)OC2=O.O=CO. The van der Waals surface area contributed by atoms with Crippen LogP contribution in [-0.4, -0.2) is 83.3 Å². The van der Waals surface area contributed by atoms with Crippen LogP contribution in [0, 0.1) is 17.0 Å². The van der Waals surface area contributed by atoms with E-state index in [9.17, 15) is 23.5 Å². The standard InChI is InChI=1S/C21H26F2N2O4.CH2O2/c22-15-9-14(10-16(23)11-15)19(27)25-7-3-21(4-8-25)12-18(29-20(21)28)13-24-5-1-17(26)2-6-24;2-1-3/h9-11,17-18,26H,1-8,12-13H2;1H,(H,2,3). The summed E-state index contributed by atoms with van der Waals surface area (Å²) in [5.41, 5.74) is -0.596. The molecule has 176 valence electrons. The summed E-state index contributed by atoms with van der Waals surface area (Å²) in [6, 6.07) is 2.80. The van der Waals surface area contributed by atoms with Gasteiger partial charge in [0.05, 0.1) is 11.5 Å². The summed E-state index contributed by atoms with van der Waals surface area (Å²) in [6.45, 7) is 2.73. The van der Waals surface area contributed by atoms with Crippen molar-refractivity contribution in [2.24, 2.45) is 5.41 Å². The zero-order valence-electron chi connectivity index (χ0n) is 17.7. The Hall–Kier alpha value is -2.59. The van der Waals surface area contributed by atoms with Crippen LogP contribution in [0.5, 0.6) is 0 Å². The number of aliphatic hydroxyl groups excluding tert-OH is 1. The highest BCUT2D eigenvalue weighted by Crippen LogP contribution is 2.43. The van der Waals surface area contributed by atoms with Crippen molar-refractivity contribution in [2.45, 2.75) is 44.3 Å². The minimum atomic E-state index is -0.783. The van der Waals surface area contributed by atoms with Gasteiger partial charge in [-0.25, -0.2) is 8.78 Å². The molecule has 1 atom stereocenters. The molecule has 1 amide bonds. The number of amides is 1. The monoisotopic (exact) mass is 454 g/mol. The number of benzene rings is 1. The highest BCUT2D eigenvalue weighted by molar-refractivity contribution is 5.94. The summed E-state index contributed by atoms with van der Waals surface area (Å²) in [5, 5.41) is 16.5. The second kappa shape index (κ2) is 10.4. The third kappa shape index (κ3) is 5.60. The summed E-state index contributed by atoms with van der Waals surface area (Å²) in [5.74, 6) is -2.19. The van der Waals surface area contributed by atoms with Gasteiger partial charge in [-0.15, -0.1) is 0 Å². The van der Waals surface area contributed by atoms with Crippen molar-refractivity contribution in [2.75, 3.05) is 32.7 Å². The Labute approximate surface area is 184 Å². The number of piperidine rings is 2. The molecule has 0 aliphatic carbocycles. The molecule has 8 nitrogen and oxygen atoms in total. The van der Waals surface area contributed by atoms with Crippen molar-refractivity contribution < 1.29 is 38.1 Å². The number of carboxylic acid groups (broad SMARTS) is 1. The minimum Gasteiger partial charge on any atom is -0.483 e. The molecule has 1 aromatic rings. The molecule has 0 saturated carbocycles. The van der Waals surface area contributed by atoms with Gasteiger partial charge in [0.15, 0.2) is 0 Å². The number of hydrogen-bond donors (Lipinski definition) is 2. The second-order valence-corrected chi connectivity index (χ2v) is 8.60. The summed E-state index contributed by atoms with van der Waals surface area (Å²) >= 11 is 0. The van der Waals surface area contributed by atoms with Gasteiger partial charge in [-0.05, 0) is 37.8 Å². The number of carbonyl (C=O) groups excluding carboxylic acids is 2. The fourth-order valence-electron chi connectivity index (χ4n) is 4.73. The number of likely N-dealkylation sites (tertiary alicyclic amines) is 2. The maximum atomic E-state index is 13.4. The maximum Gasteiger partial charge on any atom is 0.312 e. The fraction of sp³-hybridized carbons (Fsp3) is 0.591. The zero-order valence-corrected chi connectivity index (χ0v) is 17.7. The van der Waals surface area contributed by atoms with E-state index < -0.39 is 23.0 Å². The van der Waals surface area contributed by atoms with Crippen molar-refractivity contribution >= 4 is 18.3 Å². The Morgan fingerprint density at radius 3 is 2.25 bits per heavy atom. The maximum absolute atomic E-state index is 13.4. The molecule has 0 aromatic heterocycles. The lowest BCUT2D eigenvalue weighted by atomic mass is 9.76. The van der Waals surface area contributed by atoms with Gasteiger partial charge in [-0.3, -0.25) is 19.3 Å². The van der Waals surface area contributed by atoms with E-state index in [0.29, 0.717) is 38.9 Å². The van der Waals surface area contributed by atoms with Gasteiger partial charge in [0, 0.05) is 50.8 Å². The average Bonchev–Trinajstić information content (AvgIpc) is 3.04.